The van der Waals surface area contributed by atoms with Crippen molar-refractivity contribution in [2.24, 2.45) is 0 Å². The normalized spacial score (nSPS) is 10.9. The molecule has 0 fully saturated rings. The van der Waals surface area contributed by atoms with E-state index in [0.717, 1.165) is 14.0 Å². The first-order valence-corrected chi connectivity index (χ1v) is 6.05. The zero-order valence-corrected chi connectivity index (χ0v) is 10.5. The smallest absolute Gasteiger partial charge is 0.0566 e. The fraction of sp³-hybridized carbons (Fsp3) is 0. The lowest BCUT2D eigenvalue weighted by Crippen LogP contribution is -1.72. The van der Waals surface area contributed by atoms with Gasteiger partial charge >= 0.3 is 0 Å². The molecule has 0 aliphatic rings. The molecule has 1 aromatic heterocycles. The van der Waals surface area contributed by atoms with Crippen LogP contribution in [0.1, 0.15) is 0 Å². The fourth-order valence-electron chi connectivity index (χ4n) is 1.04. The van der Waals surface area contributed by atoms with Crippen molar-refractivity contribution < 1.29 is 0 Å². The second kappa shape index (κ2) is 3.29. The molecule has 1 aromatic carbocycles. The summed E-state index contributed by atoms with van der Waals surface area (Å²) in [5, 5.41) is 3.96. The van der Waals surface area contributed by atoms with Gasteiger partial charge in [-0.05, 0) is 49.4 Å². The molecule has 0 radical (unpaired) electrons. The van der Waals surface area contributed by atoms with Crippen molar-refractivity contribution in [2.45, 2.75) is 0 Å². The standard InChI is InChI=1S/C8H3Br2ClS/c9-5-3-6(11)7(10)4-1-2-12-8(4)5/h1-3H. The third-order valence-corrected chi connectivity index (χ3v) is 4.80. The van der Waals surface area contributed by atoms with E-state index in [4.69, 9.17) is 11.6 Å². The molecule has 0 amide bonds. The van der Waals surface area contributed by atoms with E-state index < -0.39 is 0 Å². The summed E-state index contributed by atoms with van der Waals surface area (Å²) in [4.78, 5) is 0. The van der Waals surface area contributed by atoms with Gasteiger partial charge < -0.3 is 0 Å². The van der Waals surface area contributed by atoms with E-state index in [1.54, 1.807) is 11.3 Å². The van der Waals surface area contributed by atoms with Gasteiger partial charge in [0.15, 0.2) is 0 Å². The Morgan fingerprint density at radius 1 is 1.33 bits per heavy atom. The first-order chi connectivity index (χ1) is 5.70. The molecule has 0 spiro atoms. The van der Waals surface area contributed by atoms with Crippen LogP contribution in [-0.4, -0.2) is 0 Å². The Morgan fingerprint density at radius 2 is 2.08 bits per heavy atom. The first kappa shape index (κ1) is 9.00. The Morgan fingerprint density at radius 3 is 2.83 bits per heavy atom. The van der Waals surface area contributed by atoms with E-state index in [1.807, 2.05) is 6.07 Å². The van der Waals surface area contributed by atoms with Crippen molar-refractivity contribution in [3.8, 4) is 0 Å². The van der Waals surface area contributed by atoms with E-state index in [1.165, 1.54) is 10.1 Å². The molecule has 0 atom stereocenters. The molecule has 0 aliphatic heterocycles. The van der Waals surface area contributed by atoms with Crippen molar-refractivity contribution in [2.75, 3.05) is 0 Å². The number of fused-ring (bicyclic) bond motifs is 1. The lowest BCUT2D eigenvalue weighted by molar-refractivity contribution is 1.74. The van der Waals surface area contributed by atoms with E-state index >= 15 is 0 Å². The zero-order valence-electron chi connectivity index (χ0n) is 5.77. The van der Waals surface area contributed by atoms with Crippen LogP contribution in [0.4, 0.5) is 0 Å². The van der Waals surface area contributed by atoms with Gasteiger partial charge in [0.1, 0.15) is 0 Å². The maximum atomic E-state index is 5.98. The largest absolute Gasteiger partial charge is 0.143 e. The molecule has 0 bridgehead atoms. The average Bonchev–Trinajstić information content (AvgIpc) is 2.48. The third-order valence-electron chi connectivity index (χ3n) is 1.58. The summed E-state index contributed by atoms with van der Waals surface area (Å²) >= 11 is 14.6. The summed E-state index contributed by atoms with van der Waals surface area (Å²) in [6.07, 6.45) is 0. The minimum Gasteiger partial charge on any atom is -0.143 e. The van der Waals surface area contributed by atoms with Crippen molar-refractivity contribution in [3.63, 3.8) is 0 Å². The van der Waals surface area contributed by atoms with Crippen LogP contribution in [0.15, 0.2) is 26.5 Å². The minimum absolute atomic E-state index is 0.743. The highest BCUT2D eigenvalue weighted by Crippen LogP contribution is 2.38. The predicted octanol–water partition coefficient (Wildman–Crippen LogP) is 5.08. The van der Waals surface area contributed by atoms with Gasteiger partial charge in [0, 0.05) is 19.0 Å². The monoisotopic (exact) mass is 324 g/mol. The number of hydrogen-bond donors (Lipinski definition) is 0. The van der Waals surface area contributed by atoms with Gasteiger partial charge in [-0.3, -0.25) is 0 Å². The SMILES string of the molecule is Clc1cc(Br)c2sccc2c1Br. The van der Waals surface area contributed by atoms with Crippen LogP contribution >= 0.6 is 54.8 Å². The molecular weight excluding hydrogens is 323 g/mol. The summed E-state index contributed by atoms with van der Waals surface area (Å²) in [6, 6.07) is 3.96. The molecule has 0 saturated heterocycles. The molecule has 12 heavy (non-hydrogen) atoms. The van der Waals surface area contributed by atoms with Crippen molar-refractivity contribution in [1.82, 2.24) is 0 Å². The van der Waals surface area contributed by atoms with Gasteiger partial charge in [-0.15, -0.1) is 11.3 Å². The highest BCUT2D eigenvalue weighted by Gasteiger charge is 2.07. The van der Waals surface area contributed by atoms with Gasteiger partial charge in [0.2, 0.25) is 0 Å². The Bertz CT molecular complexity index is 436. The molecule has 2 aromatic rings. The van der Waals surface area contributed by atoms with Crippen LogP contribution in [0.2, 0.25) is 5.02 Å². The highest BCUT2D eigenvalue weighted by atomic mass is 79.9. The highest BCUT2D eigenvalue weighted by molar-refractivity contribution is 9.11. The third kappa shape index (κ3) is 1.33. The molecule has 1 heterocycles. The quantitative estimate of drug-likeness (QED) is 0.592. The second-order valence-electron chi connectivity index (χ2n) is 2.32. The summed E-state index contributed by atoms with van der Waals surface area (Å²) in [5.41, 5.74) is 0. The van der Waals surface area contributed by atoms with Crippen LogP contribution in [0.25, 0.3) is 10.1 Å². The lowest BCUT2D eigenvalue weighted by atomic mass is 10.3. The number of thiophene rings is 1. The van der Waals surface area contributed by atoms with Crippen LogP contribution in [0.5, 0.6) is 0 Å². The van der Waals surface area contributed by atoms with Gasteiger partial charge in [-0.25, -0.2) is 0 Å². The molecule has 0 aliphatic carbocycles. The van der Waals surface area contributed by atoms with Gasteiger partial charge in [-0.2, -0.15) is 0 Å². The molecule has 0 N–H and O–H groups in total. The van der Waals surface area contributed by atoms with Crippen molar-refractivity contribution >= 4 is 64.9 Å². The fourth-order valence-corrected chi connectivity index (χ4v) is 3.49. The Kier molecular flexibility index (Phi) is 2.47. The van der Waals surface area contributed by atoms with E-state index in [2.05, 4.69) is 43.3 Å². The zero-order chi connectivity index (χ0) is 8.72. The summed E-state index contributed by atoms with van der Waals surface area (Å²) in [6.45, 7) is 0. The first-order valence-electron chi connectivity index (χ1n) is 3.21. The minimum atomic E-state index is 0.743. The molecule has 0 unspecified atom stereocenters. The Balaban J connectivity index is 2.97. The summed E-state index contributed by atoms with van der Waals surface area (Å²) in [5.74, 6) is 0. The lowest BCUT2D eigenvalue weighted by Gasteiger charge is -1.99. The van der Waals surface area contributed by atoms with E-state index in [0.29, 0.717) is 0 Å². The molecule has 0 nitrogen and oxygen atoms in total. The topological polar surface area (TPSA) is 0 Å². The molecule has 4 heteroatoms. The van der Waals surface area contributed by atoms with E-state index in [-0.39, 0.29) is 0 Å². The molecule has 0 saturated carbocycles. The molecular formula is C8H3Br2ClS. The summed E-state index contributed by atoms with van der Waals surface area (Å²) < 4.78 is 3.26. The van der Waals surface area contributed by atoms with Crippen molar-refractivity contribution in [3.05, 3.63) is 31.5 Å². The van der Waals surface area contributed by atoms with Gasteiger partial charge in [0.05, 0.1) is 5.02 Å². The second-order valence-corrected chi connectivity index (χ2v) is 5.29. The van der Waals surface area contributed by atoms with Gasteiger partial charge in [-0.1, -0.05) is 11.6 Å². The van der Waals surface area contributed by atoms with Crippen LogP contribution in [0.3, 0.4) is 0 Å². The molecule has 2 rings (SSSR count). The summed E-state index contributed by atoms with van der Waals surface area (Å²) in [7, 11) is 0. The van der Waals surface area contributed by atoms with Gasteiger partial charge in [0.25, 0.3) is 0 Å². The Hall–Kier alpha value is 0.430. The maximum Gasteiger partial charge on any atom is 0.0566 e. The van der Waals surface area contributed by atoms with E-state index in [9.17, 15) is 0 Å². The number of halogens is 3. The average molecular weight is 326 g/mol. The molecule has 62 valence electrons. The number of benzene rings is 1. The maximum absolute atomic E-state index is 5.98. The number of rotatable bonds is 0. The van der Waals surface area contributed by atoms with Crippen LogP contribution in [-0.2, 0) is 0 Å². The number of hydrogen-bond acceptors (Lipinski definition) is 1. The van der Waals surface area contributed by atoms with Crippen LogP contribution in [0, 0.1) is 0 Å². The van der Waals surface area contributed by atoms with Crippen LogP contribution < -0.4 is 0 Å². The predicted molar refractivity (Wildman–Crippen MR) is 62.2 cm³/mol. The Labute approximate surface area is 95.8 Å². The van der Waals surface area contributed by atoms with Crippen molar-refractivity contribution in [1.29, 1.82) is 0 Å².